The summed E-state index contributed by atoms with van der Waals surface area (Å²) in [4.78, 5) is 15.4. The average Bonchev–Trinajstić information content (AvgIpc) is 3.29. The van der Waals surface area contributed by atoms with Crippen LogP contribution in [-0.2, 0) is 17.8 Å². The minimum Gasteiger partial charge on any atom is -0.476 e. The summed E-state index contributed by atoms with van der Waals surface area (Å²) in [6.45, 7) is 2.55. The van der Waals surface area contributed by atoms with E-state index in [1.165, 1.54) is 16.3 Å². The number of fused-ring (bicyclic) bond motifs is 1. The van der Waals surface area contributed by atoms with Crippen LogP contribution >= 0.6 is 0 Å². The molecule has 3 aromatic carbocycles. The van der Waals surface area contributed by atoms with Crippen molar-refractivity contribution in [2.45, 2.75) is 38.5 Å². The Morgan fingerprint density at radius 2 is 1.77 bits per heavy atom. The summed E-state index contributed by atoms with van der Waals surface area (Å²) < 4.78 is 8.07. The topological polar surface area (TPSA) is 64.4 Å². The fraction of sp³-hybridized carbons (Fsp3) is 0.231. The van der Waals surface area contributed by atoms with E-state index in [0.717, 1.165) is 18.4 Å². The van der Waals surface area contributed by atoms with Gasteiger partial charge in [-0.2, -0.15) is 0 Å². The summed E-state index contributed by atoms with van der Waals surface area (Å²) in [5, 5.41) is 11.8. The van der Waals surface area contributed by atoms with Gasteiger partial charge in [-0.1, -0.05) is 72.8 Å². The second kappa shape index (κ2) is 9.58. The Morgan fingerprint density at radius 3 is 2.55 bits per heavy atom. The molecule has 0 aliphatic carbocycles. The molecule has 1 N–H and O–H groups in total. The smallest absolute Gasteiger partial charge is 0.356 e. The number of ether oxygens (including phenoxy) is 1. The van der Waals surface area contributed by atoms with Crippen molar-refractivity contribution in [1.82, 2.24) is 9.55 Å². The van der Waals surface area contributed by atoms with Crippen molar-refractivity contribution in [3.63, 3.8) is 0 Å². The van der Waals surface area contributed by atoms with Crippen LogP contribution in [0.3, 0.4) is 0 Å². The molecule has 31 heavy (non-hydrogen) atoms. The highest BCUT2D eigenvalue weighted by molar-refractivity contribution is 5.85. The Bertz CT molecular complexity index is 1150. The van der Waals surface area contributed by atoms with E-state index in [9.17, 15) is 9.90 Å². The van der Waals surface area contributed by atoms with Crippen LogP contribution in [0, 0.1) is 0 Å². The summed E-state index contributed by atoms with van der Waals surface area (Å²) >= 11 is 0. The summed E-state index contributed by atoms with van der Waals surface area (Å²) in [7, 11) is 0. The molecule has 5 heteroatoms. The molecule has 0 fully saturated rings. The molecule has 0 unspecified atom stereocenters. The van der Waals surface area contributed by atoms with Gasteiger partial charge in [0.1, 0.15) is 0 Å². The van der Waals surface area contributed by atoms with E-state index in [0.29, 0.717) is 6.61 Å². The lowest BCUT2D eigenvalue weighted by Gasteiger charge is -2.26. The molecule has 0 spiro atoms. The van der Waals surface area contributed by atoms with Crippen molar-refractivity contribution in [2.75, 3.05) is 0 Å². The molecule has 1 aromatic heterocycles. The predicted molar refractivity (Wildman–Crippen MR) is 121 cm³/mol. The molecule has 0 aliphatic rings. The molecule has 2 atom stereocenters. The number of aromatic nitrogens is 2. The first-order valence-electron chi connectivity index (χ1n) is 10.5. The monoisotopic (exact) mass is 414 g/mol. The Balaban J connectivity index is 1.54. The van der Waals surface area contributed by atoms with E-state index in [4.69, 9.17) is 4.74 Å². The third kappa shape index (κ3) is 5.01. The van der Waals surface area contributed by atoms with E-state index < -0.39 is 5.97 Å². The second-order valence-corrected chi connectivity index (χ2v) is 7.76. The van der Waals surface area contributed by atoms with Crippen LogP contribution in [0.25, 0.3) is 10.8 Å². The van der Waals surface area contributed by atoms with Gasteiger partial charge in [0.25, 0.3) is 0 Å². The number of rotatable bonds is 9. The van der Waals surface area contributed by atoms with Gasteiger partial charge in [-0.05, 0) is 41.7 Å². The fourth-order valence-electron chi connectivity index (χ4n) is 3.98. The quantitative estimate of drug-likeness (QED) is 0.392. The lowest BCUT2D eigenvalue weighted by molar-refractivity contribution is 0.0148. The van der Waals surface area contributed by atoms with E-state index in [1.807, 2.05) is 47.9 Å². The van der Waals surface area contributed by atoms with Crippen molar-refractivity contribution < 1.29 is 14.6 Å². The van der Waals surface area contributed by atoms with Gasteiger partial charge >= 0.3 is 5.97 Å². The maximum absolute atomic E-state index is 11.3. The number of aryl methyl sites for hydroxylation is 1. The average molecular weight is 415 g/mol. The fourth-order valence-corrected chi connectivity index (χ4v) is 3.98. The zero-order valence-electron chi connectivity index (χ0n) is 17.5. The first kappa shape index (κ1) is 20.8. The van der Waals surface area contributed by atoms with E-state index in [2.05, 4.69) is 41.4 Å². The molecule has 1 heterocycles. The molecule has 0 amide bonds. The largest absolute Gasteiger partial charge is 0.476 e. The number of imidazole rings is 1. The number of carboxylic acids is 1. The van der Waals surface area contributed by atoms with Crippen LogP contribution in [-0.4, -0.2) is 26.7 Å². The van der Waals surface area contributed by atoms with E-state index >= 15 is 0 Å². The number of hydrogen-bond donors (Lipinski definition) is 1. The second-order valence-electron chi connectivity index (χ2n) is 7.76. The summed E-state index contributed by atoms with van der Waals surface area (Å²) in [6.07, 6.45) is 4.73. The molecule has 0 saturated heterocycles. The number of nitrogens with zero attached hydrogens (tertiary/aromatic N) is 2. The van der Waals surface area contributed by atoms with Gasteiger partial charge < -0.3 is 14.4 Å². The number of aromatic carboxylic acids is 1. The van der Waals surface area contributed by atoms with Crippen LogP contribution < -0.4 is 0 Å². The highest BCUT2D eigenvalue weighted by Gasteiger charge is 2.22. The Kier molecular flexibility index (Phi) is 6.43. The van der Waals surface area contributed by atoms with Crippen molar-refractivity contribution in [3.05, 3.63) is 102 Å². The maximum atomic E-state index is 11.3. The Hall–Kier alpha value is -3.44. The molecular weight excluding hydrogens is 388 g/mol. The standard InChI is InChI=1S/C26H26N2O3/c1-19(31-17-20-8-3-2-4-9-20)25(28-16-24(26(29)30)27-18-28)15-14-22-12-7-11-21-10-5-6-13-23(21)22/h2-13,16,18-19,25H,14-15,17H2,1H3,(H,29,30)/t19-,25+/m0/s1. The molecule has 0 saturated carbocycles. The van der Waals surface area contributed by atoms with Crippen LogP contribution in [0.15, 0.2) is 85.3 Å². The van der Waals surface area contributed by atoms with Crippen LogP contribution in [0.5, 0.6) is 0 Å². The van der Waals surface area contributed by atoms with Crippen LogP contribution in [0.4, 0.5) is 0 Å². The Labute approximate surface area is 181 Å². The van der Waals surface area contributed by atoms with Gasteiger partial charge in [0.15, 0.2) is 5.69 Å². The summed E-state index contributed by atoms with van der Waals surface area (Å²) in [6, 6.07) is 24.8. The normalized spacial score (nSPS) is 13.2. The molecule has 5 nitrogen and oxygen atoms in total. The van der Waals surface area contributed by atoms with Gasteiger partial charge in [-0.15, -0.1) is 0 Å². The number of carboxylic acid groups (broad SMARTS) is 1. The highest BCUT2D eigenvalue weighted by Crippen LogP contribution is 2.26. The zero-order valence-corrected chi connectivity index (χ0v) is 17.5. The third-order valence-corrected chi connectivity index (χ3v) is 5.69. The molecule has 4 aromatic rings. The van der Waals surface area contributed by atoms with Crippen LogP contribution in [0.1, 0.15) is 41.0 Å². The SMILES string of the molecule is C[C@H](OCc1ccccc1)[C@@H](CCc1cccc2ccccc12)n1cnc(C(=O)O)c1. The first-order chi connectivity index (χ1) is 15.1. The van der Waals surface area contributed by atoms with E-state index in [-0.39, 0.29) is 17.8 Å². The minimum atomic E-state index is -1.02. The molecule has 0 aliphatic heterocycles. The van der Waals surface area contributed by atoms with Crippen LogP contribution in [0.2, 0.25) is 0 Å². The summed E-state index contributed by atoms with van der Waals surface area (Å²) in [5.41, 5.74) is 2.43. The molecule has 0 radical (unpaired) electrons. The molecule has 158 valence electrons. The van der Waals surface area contributed by atoms with Gasteiger partial charge in [-0.25, -0.2) is 9.78 Å². The predicted octanol–water partition coefficient (Wildman–Crippen LogP) is 5.51. The van der Waals surface area contributed by atoms with Gasteiger partial charge in [0.2, 0.25) is 0 Å². The van der Waals surface area contributed by atoms with Crippen molar-refractivity contribution in [2.24, 2.45) is 0 Å². The number of carbonyl (C=O) groups is 1. The molecule has 4 rings (SSSR count). The zero-order chi connectivity index (χ0) is 21.6. The number of hydrogen-bond acceptors (Lipinski definition) is 3. The van der Waals surface area contributed by atoms with Gasteiger partial charge in [-0.3, -0.25) is 0 Å². The van der Waals surface area contributed by atoms with Gasteiger partial charge in [0, 0.05) is 6.20 Å². The lowest BCUT2D eigenvalue weighted by atomic mass is 9.97. The van der Waals surface area contributed by atoms with Crippen molar-refractivity contribution >= 4 is 16.7 Å². The third-order valence-electron chi connectivity index (χ3n) is 5.69. The maximum Gasteiger partial charge on any atom is 0.356 e. The van der Waals surface area contributed by atoms with Crippen molar-refractivity contribution in [1.29, 1.82) is 0 Å². The molecule has 0 bridgehead atoms. The lowest BCUT2D eigenvalue weighted by Crippen LogP contribution is -2.24. The minimum absolute atomic E-state index is 0.0386. The molecular formula is C26H26N2O3. The van der Waals surface area contributed by atoms with E-state index in [1.54, 1.807) is 12.5 Å². The highest BCUT2D eigenvalue weighted by atomic mass is 16.5. The summed E-state index contributed by atoms with van der Waals surface area (Å²) in [5.74, 6) is -1.02. The van der Waals surface area contributed by atoms with Crippen molar-refractivity contribution in [3.8, 4) is 0 Å². The number of benzene rings is 3. The Morgan fingerprint density at radius 1 is 1.03 bits per heavy atom. The first-order valence-corrected chi connectivity index (χ1v) is 10.5. The van der Waals surface area contributed by atoms with Gasteiger partial charge in [0.05, 0.1) is 25.1 Å².